The van der Waals surface area contributed by atoms with E-state index >= 15 is 0 Å². The third kappa shape index (κ3) is 6.40. The van der Waals surface area contributed by atoms with Gasteiger partial charge in [-0.25, -0.2) is 9.97 Å². The van der Waals surface area contributed by atoms with Gasteiger partial charge in [0.25, 0.3) is 0 Å². The van der Waals surface area contributed by atoms with Gasteiger partial charge in [-0.1, -0.05) is 12.1 Å². The number of likely N-dealkylation sites (tertiary alicyclic amines) is 1. The Morgan fingerprint density at radius 1 is 1.20 bits per heavy atom. The lowest BCUT2D eigenvalue weighted by molar-refractivity contribution is -0.155. The number of thiophene rings is 1. The fraction of sp³-hybridized carbons (Fsp3) is 0.536. The lowest BCUT2D eigenvalue weighted by atomic mass is 10.0. The van der Waals surface area contributed by atoms with Gasteiger partial charge in [-0.15, -0.1) is 11.3 Å². The van der Waals surface area contributed by atoms with Gasteiger partial charge in [0.05, 0.1) is 54.0 Å². The van der Waals surface area contributed by atoms with Crippen LogP contribution in [-0.2, 0) is 9.47 Å². The number of ether oxygens (including phenoxy) is 2. The van der Waals surface area contributed by atoms with Crippen molar-refractivity contribution in [2.24, 2.45) is 0 Å². The first-order valence-electron chi connectivity index (χ1n) is 13.9. The number of methoxy groups -OCH3 is 1. The van der Waals surface area contributed by atoms with Gasteiger partial charge in [0.15, 0.2) is 0 Å². The molecule has 13 heteroatoms. The van der Waals surface area contributed by atoms with Crippen molar-refractivity contribution in [3.05, 3.63) is 53.4 Å². The number of nitrogens with one attached hydrogen (secondary N) is 1. The summed E-state index contributed by atoms with van der Waals surface area (Å²) in [5.74, 6) is 0. The van der Waals surface area contributed by atoms with Gasteiger partial charge in [-0.3, -0.25) is 19.8 Å². The molecule has 0 spiro atoms. The minimum atomic E-state index is -4.24. The van der Waals surface area contributed by atoms with Crippen LogP contribution in [0.4, 0.5) is 13.2 Å². The maximum Gasteiger partial charge on any atom is 0.401 e. The number of morpholine rings is 1. The molecule has 2 fully saturated rings. The van der Waals surface area contributed by atoms with Gasteiger partial charge < -0.3 is 9.47 Å². The summed E-state index contributed by atoms with van der Waals surface area (Å²) in [5.41, 5.74) is 2.98. The number of alkyl halides is 3. The van der Waals surface area contributed by atoms with Crippen LogP contribution in [0.25, 0.3) is 21.1 Å². The highest BCUT2D eigenvalue weighted by Gasteiger charge is 2.39. The summed E-state index contributed by atoms with van der Waals surface area (Å²) in [6.07, 6.45) is 2.14. The number of hydrogen-bond acceptors (Lipinski definition) is 9. The SMILES string of the molecule is COCCN(CC(F)(F)F)C1CCN(C(c2cc3ncncc3s2)N2CCOC(c3cccc4[nH]ncc34)C2)CC1. The highest BCUT2D eigenvalue weighted by atomic mass is 32.1. The number of halogens is 3. The number of benzene rings is 1. The Balaban J connectivity index is 1.25. The maximum absolute atomic E-state index is 13.4. The Labute approximate surface area is 240 Å². The number of fused-ring (bicyclic) bond motifs is 2. The van der Waals surface area contributed by atoms with Crippen LogP contribution in [0.1, 0.15) is 35.6 Å². The van der Waals surface area contributed by atoms with Crippen molar-refractivity contribution in [3.63, 3.8) is 0 Å². The molecule has 2 unspecified atom stereocenters. The van der Waals surface area contributed by atoms with E-state index in [1.807, 2.05) is 24.5 Å². The first-order valence-corrected chi connectivity index (χ1v) is 14.7. The van der Waals surface area contributed by atoms with Crippen molar-refractivity contribution in [2.75, 3.05) is 59.6 Å². The summed E-state index contributed by atoms with van der Waals surface area (Å²) in [6.45, 7) is 3.02. The Morgan fingerprint density at radius 2 is 2.05 bits per heavy atom. The van der Waals surface area contributed by atoms with Gasteiger partial charge in [-0.2, -0.15) is 18.3 Å². The van der Waals surface area contributed by atoms with E-state index < -0.39 is 12.7 Å². The maximum atomic E-state index is 13.4. The van der Waals surface area contributed by atoms with Crippen molar-refractivity contribution >= 4 is 32.5 Å². The number of H-pyrrole nitrogens is 1. The molecule has 9 nitrogen and oxygen atoms in total. The molecule has 2 saturated heterocycles. The normalized spacial score (nSPS) is 20.9. The smallest absolute Gasteiger partial charge is 0.383 e. The van der Waals surface area contributed by atoms with E-state index in [1.165, 1.54) is 7.11 Å². The van der Waals surface area contributed by atoms with Crippen LogP contribution in [0.5, 0.6) is 0 Å². The minimum absolute atomic E-state index is 0.0415. The zero-order chi connectivity index (χ0) is 28.4. The largest absolute Gasteiger partial charge is 0.401 e. The molecule has 0 aliphatic carbocycles. The van der Waals surface area contributed by atoms with Crippen LogP contribution < -0.4 is 0 Å². The van der Waals surface area contributed by atoms with Gasteiger partial charge in [-0.05, 0) is 30.5 Å². The number of aromatic nitrogens is 4. The van der Waals surface area contributed by atoms with E-state index in [-0.39, 0.29) is 31.5 Å². The van der Waals surface area contributed by atoms with E-state index in [9.17, 15) is 13.2 Å². The van der Waals surface area contributed by atoms with Crippen LogP contribution in [0.15, 0.2) is 43.0 Å². The molecule has 6 rings (SSSR count). The topological polar surface area (TPSA) is 82.6 Å². The molecule has 3 aromatic heterocycles. The summed E-state index contributed by atoms with van der Waals surface area (Å²) in [4.78, 5) is 16.2. The third-order valence-corrected chi connectivity index (χ3v) is 9.20. The van der Waals surface area contributed by atoms with Crippen LogP contribution in [0, 0.1) is 0 Å². The average molecular weight is 590 g/mol. The molecule has 41 heavy (non-hydrogen) atoms. The minimum Gasteiger partial charge on any atom is -0.383 e. The molecule has 0 bridgehead atoms. The van der Waals surface area contributed by atoms with Crippen molar-refractivity contribution < 1.29 is 22.6 Å². The fourth-order valence-electron chi connectivity index (χ4n) is 6.20. The standard InChI is InChI=1S/C28H34F3N7O2S/c1-39-11-9-38(17-28(29,30)31)19-5-7-36(8-6-19)27(25-13-23-26(41-25)15-32-18-33-23)37-10-12-40-24(16-37)20-3-2-4-22-21(20)14-34-35-22/h2-4,13-15,18-19,24,27H,5-12,16-17H2,1H3,(H,34,35). The van der Waals surface area contributed by atoms with E-state index in [4.69, 9.17) is 9.47 Å². The molecule has 1 N–H and O–H groups in total. The van der Waals surface area contributed by atoms with Crippen molar-refractivity contribution in [1.29, 1.82) is 0 Å². The second-order valence-electron chi connectivity index (χ2n) is 10.7. The van der Waals surface area contributed by atoms with Gasteiger partial charge >= 0.3 is 6.18 Å². The summed E-state index contributed by atoms with van der Waals surface area (Å²) in [5, 5.41) is 8.32. The average Bonchev–Trinajstić information content (AvgIpc) is 3.62. The zero-order valence-corrected chi connectivity index (χ0v) is 23.7. The van der Waals surface area contributed by atoms with Gasteiger partial charge in [0.2, 0.25) is 0 Å². The summed E-state index contributed by atoms with van der Waals surface area (Å²) >= 11 is 1.68. The van der Waals surface area contributed by atoms with Gasteiger partial charge in [0.1, 0.15) is 6.33 Å². The predicted octanol–water partition coefficient (Wildman–Crippen LogP) is 4.61. The first-order chi connectivity index (χ1) is 19.9. The van der Waals surface area contributed by atoms with Crippen LogP contribution in [-0.4, -0.2) is 107 Å². The molecular formula is C28H34F3N7O2S. The molecule has 2 aliphatic rings. The van der Waals surface area contributed by atoms with Crippen LogP contribution in [0.2, 0.25) is 0 Å². The van der Waals surface area contributed by atoms with Crippen LogP contribution >= 0.6 is 11.3 Å². The molecule has 4 aromatic rings. The summed E-state index contributed by atoms with van der Waals surface area (Å²) < 4.78 is 52.6. The Kier molecular flexibility index (Phi) is 8.52. The summed E-state index contributed by atoms with van der Waals surface area (Å²) in [6, 6.07) is 8.10. The molecule has 5 heterocycles. The molecule has 220 valence electrons. The number of aromatic amines is 1. The first kappa shape index (κ1) is 28.4. The van der Waals surface area contributed by atoms with Crippen molar-refractivity contribution in [3.8, 4) is 0 Å². The summed E-state index contributed by atoms with van der Waals surface area (Å²) in [7, 11) is 1.52. The lowest BCUT2D eigenvalue weighted by Gasteiger charge is -2.46. The number of rotatable bonds is 9. The fourth-order valence-corrected chi connectivity index (χ4v) is 7.36. The molecule has 0 amide bonds. The second-order valence-corrected chi connectivity index (χ2v) is 11.8. The molecule has 0 saturated carbocycles. The quantitative estimate of drug-likeness (QED) is 0.303. The molecule has 1 aromatic carbocycles. The van der Waals surface area contributed by atoms with E-state index in [0.717, 1.165) is 38.1 Å². The third-order valence-electron chi connectivity index (χ3n) is 8.10. The Bertz CT molecular complexity index is 1410. The molecule has 0 radical (unpaired) electrons. The van der Waals surface area contributed by atoms with E-state index in [1.54, 1.807) is 22.6 Å². The Hall–Kier alpha value is -2.68. The van der Waals surface area contributed by atoms with Gasteiger partial charge in [0, 0.05) is 62.3 Å². The molecular weight excluding hydrogens is 555 g/mol. The Morgan fingerprint density at radius 3 is 2.83 bits per heavy atom. The van der Waals surface area contributed by atoms with Crippen LogP contribution in [0.3, 0.4) is 0 Å². The van der Waals surface area contributed by atoms with E-state index in [0.29, 0.717) is 39.1 Å². The highest BCUT2D eigenvalue weighted by Crippen LogP contribution is 2.39. The predicted molar refractivity (Wildman–Crippen MR) is 151 cm³/mol. The second kappa shape index (κ2) is 12.3. The van der Waals surface area contributed by atoms with Crippen molar-refractivity contribution in [1.82, 2.24) is 34.9 Å². The lowest BCUT2D eigenvalue weighted by Crippen LogP contribution is -2.53. The van der Waals surface area contributed by atoms with E-state index in [2.05, 4.69) is 42.1 Å². The molecule has 2 atom stereocenters. The molecule has 2 aliphatic heterocycles. The van der Waals surface area contributed by atoms with Crippen molar-refractivity contribution in [2.45, 2.75) is 37.3 Å². The zero-order valence-electron chi connectivity index (χ0n) is 22.9. The highest BCUT2D eigenvalue weighted by molar-refractivity contribution is 7.19. The number of hydrogen-bond donors (Lipinski definition) is 1. The monoisotopic (exact) mass is 589 g/mol. The number of piperidine rings is 1. The number of nitrogens with zero attached hydrogens (tertiary/aromatic N) is 6.